The molecule has 0 saturated heterocycles. The summed E-state index contributed by atoms with van der Waals surface area (Å²) in [6.07, 6.45) is 0. The first kappa shape index (κ1) is 23.3. The van der Waals surface area contributed by atoms with E-state index < -0.39 is 0 Å². The van der Waals surface area contributed by atoms with E-state index in [4.69, 9.17) is 0 Å². The topological polar surface area (TPSA) is 4.93 Å². The molecule has 0 unspecified atom stereocenters. The average molecular weight is 589 g/mol. The zero-order valence-corrected chi connectivity index (χ0v) is 24.5. The zero-order valence-electron chi connectivity index (χ0n) is 22.9. The van der Waals surface area contributed by atoms with Crippen molar-refractivity contribution >= 4 is 70.1 Å². The predicted molar refractivity (Wildman–Crippen MR) is 179 cm³/mol. The van der Waals surface area contributed by atoms with Gasteiger partial charge in [-0.15, -0.1) is 0 Å². The van der Waals surface area contributed by atoms with Crippen LogP contribution < -0.4 is 0 Å². The van der Waals surface area contributed by atoms with Gasteiger partial charge in [0, 0.05) is 31.7 Å². The minimum absolute atomic E-state index is 0.0625. The minimum Gasteiger partial charge on any atom is -0.309 e. The number of nitrogens with zero attached hydrogens (tertiary/aromatic N) is 1. The van der Waals surface area contributed by atoms with E-state index in [0.29, 0.717) is 0 Å². The Balaban J connectivity index is 1.52. The van der Waals surface area contributed by atoms with Crippen LogP contribution in [-0.2, 0) is 5.41 Å². The smallest absolute Gasteiger partial charge is 0.0632 e. The SMILES string of the molecule is CC1(C)c2ccccc2-c2ccc(-n3c4ccccc4c4c5ccccc5c5cc(Br)c6ccccc6c5c43)cc21. The number of fused-ring (bicyclic) bond motifs is 13. The maximum Gasteiger partial charge on any atom is 0.0632 e. The van der Waals surface area contributed by atoms with Gasteiger partial charge in [-0.1, -0.05) is 127 Å². The summed E-state index contributed by atoms with van der Waals surface area (Å²) in [4.78, 5) is 0. The maximum absolute atomic E-state index is 3.92. The molecule has 1 heterocycles. The lowest BCUT2D eigenvalue weighted by Gasteiger charge is -2.22. The van der Waals surface area contributed by atoms with Crippen LogP contribution in [0.5, 0.6) is 0 Å². The van der Waals surface area contributed by atoms with Gasteiger partial charge in [0.15, 0.2) is 0 Å². The Kier molecular flexibility index (Phi) is 4.60. The van der Waals surface area contributed by atoms with Crippen molar-refractivity contribution in [3.05, 3.63) is 137 Å². The number of aromatic nitrogens is 1. The molecule has 2 heteroatoms. The molecule has 41 heavy (non-hydrogen) atoms. The molecule has 1 aliphatic rings. The van der Waals surface area contributed by atoms with E-state index in [-0.39, 0.29) is 5.41 Å². The summed E-state index contributed by atoms with van der Waals surface area (Å²) in [5.41, 5.74) is 9.15. The molecule has 1 aromatic heterocycles. The highest BCUT2D eigenvalue weighted by Crippen LogP contribution is 2.50. The summed E-state index contributed by atoms with van der Waals surface area (Å²) >= 11 is 3.92. The van der Waals surface area contributed by atoms with Crippen molar-refractivity contribution in [2.75, 3.05) is 0 Å². The molecule has 0 aliphatic heterocycles. The van der Waals surface area contributed by atoms with Crippen LogP contribution in [0.2, 0.25) is 0 Å². The van der Waals surface area contributed by atoms with Crippen molar-refractivity contribution in [1.82, 2.24) is 4.57 Å². The van der Waals surface area contributed by atoms with Gasteiger partial charge < -0.3 is 4.57 Å². The molecule has 0 spiro atoms. The van der Waals surface area contributed by atoms with Crippen LogP contribution in [0.25, 0.3) is 70.9 Å². The fourth-order valence-corrected chi connectivity index (χ4v) is 8.16. The normalized spacial score (nSPS) is 13.9. The van der Waals surface area contributed by atoms with Gasteiger partial charge in [0.2, 0.25) is 0 Å². The molecule has 0 atom stereocenters. The van der Waals surface area contributed by atoms with Crippen LogP contribution in [0.4, 0.5) is 0 Å². The van der Waals surface area contributed by atoms with Crippen molar-refractivity contribution < 1.29 is 0 Å². The molecule has 0 fully saturated rings. The number of rotatable bonds is 1. The van der Waals surface area contributed by atoms with E-state index in [2.05, 4.69) is 156 Å². The van der Waals surface area contributed by atoms with E-state index in [1.165, 1.54) is 82.1 Å². The molecule has 0 bridgehead atoms. The van der Waals surface area contributed by atoms with Gasteiger partial charge in [-0.2, -0.15) is 0 Å². The molecule has 9 rings (SSSR count). The van der Waals surface area contributed by atoms with E-state index in [0.717, 1.165) is 4.47 Å². The standard InChI is InChI=1S/C39H26BrN/c1-39(2)32-17-9-7-12-25(32)26-20-19-23(21-33(26)39)41-35-18-10-8-16-30(35)36-28-14-5-3-11-24(28)31-22-34(40)27-13-4-6-15-29(27)37(31)38(36)41/h3-22H,1-2H3. The van der Waals surface area contributed by atoms with Gasteiger partial charge in [0.1, 0.15) is 0 Å². The lowest BCUT2D eigenvalue weighted by Crippen LogP contribution is -2.15. The molecule has 1 nitrogen and oxygen atoms in total. The average Bonchev–Trinajstić information content (AvgIpc) is 3.47. The molecule has 0 saturated carbocycles. The van der Waals surface area contributed by atoms with Crippen LogP contribution in [0.15, 0.2) is 126 Å². The summed E-state index contributed by atoms with van der Waals surface area (Å²) < 4.78 is 3.66. The quantitative estimate of drug-likeness (QED) is 0.168. The molecule has 194 valence electrons. The summed E-state index contributed by atoms with van der Waals surface area (Å²) in [5.74, 6) is 0. The van der Waals surface area contributed by atoms with Crippen molar-refractivity contribution in [2.24, 2.45) is 0 Å². The number of benzene rings is 7. The van der Waals surface area contributed by atoms with Gasteiger partial charge in [-0.05, 0) is 73.5 Å². The third-order valence-electron chi connectivity index (χ3n) is 9.42. The van der Waals surface area contributed by atoms with Crippen LogP contribution in [0.3, 0.4) is 0 Å². The van der Waals surface area contributed by atoms with Gasteiger partial charge in [0.05, 0.1) is 11.0 Å². The lowest BCUT2D eigenvalue weighted by molar-refractivity contribution is 0.660. The number of halogens is 1. The van der Waals surface area contributed by atoms with Crippen LogP contribution in [-0.4, -0.2) is 4.57 Å². The van der Waals surface area contributed by atoms with Gasteiger partial charge in [0.25, 0.3) is 0 Å². The van der Waals surface area contributed by atoms with Crippen LogP contribution in [0.1, 0.15) is 25.0 Å². The Hall–Kier alpha value is -4.40. The van der Waals surface area contributed by atoms with Crippen LogP contribution in [0, 0.1) is 0 Å². The van der Waals surface area contributed by atoms with Crippen molar-refractivity contribution in [3.8, 4) is 16.8 Å². The minimum atomic E-state index is -0.0625. The lowest BCUT2D eigenvalue weighted by atomic mass is 9.82. The first-order chi connectivity index (χ1) is 20.0. The predicted octanol–water partition coefficient (Wildman–Crippen LogP) is 11.3. The Labute approximate surface area is 246 Å². The van der Waals surface area contributed by atoms with E-state index in [1.54, 1.807) is 0 Å². The molecule has 7 aromatic carbocycles. The van der Waals surface area contributed by atoms with Gasteiger partial charge >= 0.3 is 0 Å². The van der Waals surface area contributed by atoms with E-state index in [1.807, 2.05) is 0 Å². The second-order valence-electron chi connectivity index (χ2n) is 11.8. The van der Waals surface area contributed by atoms with E-state index in [9.17, 15) is 0 Å². The fraction of sp³-hybridized carbons (Fsp3) is 0.0769. The molecule has 8 aromatic rings. The Morgan fingerprint density at radius 3 is 1.90 bits per heavy atom. The molecule has 0 N–H and O–H groups in total. The number of hydrogen-bond acceptors (Lipinski definition) is 0. The number of para-hydroxylation sites is 1. The Morgan fingerprint density at radius 1 is 0.512 bits per heavy atom. The molecule has 0 radical (unpaired) electrons. The van der Waals surface area contributed by atoms with E-state index >= 15 is 0 Å². The molecule has 0 amide bonds. The highest BCUT2D eigenvalue weighted by Gasteiger charge is 2.35. The number of hydrogen-bond donors (Lipinski definition) is 0. The summed E-state index contributed by atoms with van der Waals surface area (Å²) in [6.45, 7) is 4.72. The van der Waals surface area contributed by atoms with Crippen molar-refractivity contribution in [2.45, 2.75) is 19.3 Å². The van der Waals surface area contributed by atoms with Gasteiger partial charge in [-0.3, -0.25) is 0 Å². The first-order valence-electron chi connectivity index (χ1n) is 14.2. The zero-order chi connectivity index (χ0) is 27.5. The summed E-state index contributed by atoms with van der Waals surface area (Å²) in [5, 5.41) is 10.3. The fourth-order valence-electron chi connectivity index (χ4n) is 7.58. The highest BCUT2D eigenvalue weighted by molar-refractivity contribution is 9.10. The summed E-state index contributed by atoms with van der Waals surface area (Å²) in [7, 11) is 0. The third kappa shape index (κ3) is 2.96. The third-order valence-corrected chi connectivity index (χ3v) is 10.1. The monoisotopic (exact) mass is 587 g/mol. The Bertz CT molecular complexity index is 2410. The largest absolute Gasteiger partial charge is 0.309 e. The van der Waals surface area contributed by atoms with Crippen molar-refractivity contribution in [1.29, 1.82) is 0 Å². The highest BCUT2D eigenvalue weighted by atomic mass is 79.9. The second kappa shape index (κ2) is 8.09. The second-order valence-corrected chi connectivity index (χ2v) is 12.7. The Morgan fingerprint density at radius 2 is 1.10 bits per heavy atom. The van der Waals surface area contributed by atoms with Crippen molar-refractivity contribution in [3.63, 3.8) is 0 Å². The molecular weight excluding hydrogens is 562 g/mol. The maximum atomic E-state index is 3.92. The first-order valence-corrected chi connectivity index (χ1v) is 15.0. The van der Waals surface area contributed by atoms with Crippen LogP contribution >= 0.6 is 15.9 Å². The van der Waals surface area contributed by atoms with Gasteiger partial charge in [-0.25, -0.2) is 0 Å². The molecule has 1 aliphatic carbocycles. The summed E-state index contributed by atoms with van der Waals surface area (Å²) in [6, 6.07) is 44.9. The molecular formula is C39H26BrN.